The normalized spacial score (nSPS) is 17.5. The highest BCUT2D eigenvalue weighted by Crippen LogP contribution is 2.27. The fraction of sp³-hybridized carbons (Fsp3) is 0.308. The van der Waals surface area contributed by atoms with Crippen molar-refractivity contribution in [1.29, 1.82) is 5.41 Å². The van der Waals surface area contributed by atoms with E-state index in [4.69, 9.17) is 22.7 Å². The summed E-state index contributed by atoms with van der Waals surface area (Å²) < 4.78 is 30.1. The molecule has 7 nitrogen and oxygen atoms in total. The molecule has 1 aliphatic heterocycles. The minimum absolute atomic E-state index is 0.0433. The molecule has 4 rings (SSSR count). The third kappa shape index (κ3) is 5.02. The molecule has 1 aliphatic rings. The Balaban J connectivity index is 1.55. The number of Topliss-reactive ketones (excluding diaryl/α,β-unsaturated/α-hetero) is 2. The zero-order chi connectivity index (χ0) is 26.1. The number of nitrogen functional groups attached to an aromatic ring is 1. The summed E-state index contributed by atoms with van der Waals surface area (Å²) in [5.41, 5.74) is 7.23. The van der Waals surface area contributed by atoms with E-state index in [-0.39, 0.29) is 60.3 Å². The van der Waals surface area contributed by atoms with E-state index in [9.17, 15) is 23.2 Å². The van der Waals surface area contributed by atoms with Gasteiger partial charge in [-0.2, -0.15) is 0 Å². The van der Waals surface area contributed by atoms with Gasteiger partial charge >= 0.3 is 0 Å². The molecule has 36 heavy (non-hydrogen) atoms. The topological polar surface area (TPSA) is 109 Å². The number of halogens is 3. The van der Waals surface area contributed by atoms with Gasteiger partial charge in [0.05, 0.1) is 17.6 Å². The summed E-state index contributed by atoms with van der Waals surface area (Å²) in [4.78, 5) is 39.6. The summed E-state index contributed by atoms with van der Waals surface area (Å²) in [6.07, 6.45) is 0.0723. The molecule has 10 heteroatoms. The highest BCUT2D eigenvalue weighted by molar-refractivity contribution is 6.30. The van der Waals surface area contributed by atoms with Crippen LogP contribution in [-0.2, 0) is 22.6 Å². The number of carbonyl (C=O) groups excluding carboxylic acids is 3. The van der Waals surface area contributed by atoms with Gasteiger partial charge in [0.2, 0.25) is 5.91 Å². The van der Waals surface area contributed by atoms with E-state index in [1.807, 2.05) is 0 Å². The molecule has 0 unspecified atom stereocenters. The van der Waals surface area contributed by atoms with Gasteiger partial charge in [0.25, 0.3) is 0 Å². The molecular weight excluding hydrogens is 490 g/mol. The van der Waals surface area contributed by atoms with Crippen LogP contribution >= 0.6 is 11.6 Å². The Hall–Kier alpha value is -3.59. The van der Waals surface area contributed by atoms with Crippen LogP contribution in [0.15, 0.2) is 42.6 Å². The summed E-state index contributed by atoms with van der Waals surface area (Å²) in [5.74, 6) is -1.80. The molecule has 3 aromatic rings. The Labute approximate surface area is 211 Å². The molecule has 2 aromatic carbocycles. The Morgan fingerprint density at radius 3 is 2.67 bits per heavy atom. The zero-order valence-electron chi connectivity index (χ0n) is 19.6. The third-order valence-electron chi connectivity index (χ3n) is 6.49. The number of alkyl halides is 1. The van der Waals surface area contributed by atoms with E-state index in [0.717, 1.165) is 0 Å². The maximum absolute atomic E-state index is 14.4. The van der Waals surface area contributed by atoms with E-state index in [1.165, 1.54) is 30.2 Å². The number of nitrogens with zero attached hydrogens (tertiary/aromatic N) is 2. The molecule has 3 N–H and O–H groups in total. The highest BCUT2D eigenvalue weighted by Gasteiger charge is 2.39. The van der Waals surface area contributed by atoms with Gasteiger partial charge in [-0.05, 0) is 31.0 Å². The second-order valence-electron chi connectivity index (χ2n) is 8.95. The monoisotopic (exact) mass is 514 g/mol. The number of hydrogen-bond acceptors (Lipinski definition) is 4. The third-order valence-corrected chi connectivity index (χ3v) is 6.78. The quantitative estimate of drug-likeness (QED) is 0.268. The first kappa shape index (κ1) is 25.5. The van der Waals surface area contributed by atoms with Gasteiger partial charge in [0.15, 0.2) is 11.6 Å². The highest BCUT2D eigenvalue weighted by atomic mass is 35.5. The molecule has 2 atom stereocenters. The van der Waals surface area contributed by atoms with Crippen molar-refractivity contribution < 1.29 is 23.2 Å². The number of ketones is 2. The number of rotatable bonds is 8. The van der Waals surface area contributed by atoms with Crippen LogP contribution in [0.25, 0.3) is 10.9 Å². The van der Waals surface area contributed by atoms with E-state index < -0.39 is 23.9 Å². The average Bonchev–Trinajstić information content (AvgIpc) is 3.40. The van der Waals surface area contributed by atoms with Crippen molar-refractivity contribution >= 4 is 45.8 Å². The Kier molecular flexibility index (Phi) is 7.21. The van der Waals surface area contributed by atoms with Gasteiger partial charge in [-0.3, -0.25) is 19.8 Å². The van der Waals surface area contributed by atoms with Crippen LogP contribution in [0.4, 0.5) is 8.78 Å². The summed E-state index contributed by atoms with van der Waals surface area (Å²) in [5, 5.41) is 8.24. The maximum atomic E-state index is 14.4. The fourth-order valence-electron chi connectivity index (χ4n) is 4.64. The van der Waals surface area contributed by atoms with Crippen molar-refractivity contribution in [2.45, 2.75) is 44.9 Å². The second kappa shape index (κ2) is 10.2. The first-order chi connectivity index (χ1) is 17.1. The lowest BCUT2D eigenvalue weighted by molar-refractivity contribution is -0.138. The zero-order valence-corrected chi connectivity index (χ0v) is 20.3. The lowest BCUT2D eigenvalue weighted by atomic mass is 10.0. The maximum Gasteiger partial charge on any atom is 0.243 e. The molecule has 0 spiro atoms. The minimum atomic E-state index is -1.36. The number of carbonyl (C=O) groups is 3. The van der Waals surface area contributed by atoms with E-state index in [1.54, 1.807) is 28.8 Å². The number of amidine groups is 1. The van der Waals surface area contributed by atoms with Gasteiger partial charge in [-0.1, -0.05) is 35.9 Å². The lowest BCUT2D eigenvalue weighted by Gasteiger charge is -2.24. The molecule has 1 amide bonds. The number of amides is 1. The fourth-order valence-corrected chi connectivity index (χ4v) is 4.83. The first-order valence-electron chi connectivity index (χ1n) is 11.4. The van der Waals surface area contributed by atoms with Crippen molar-refractivity contribution in [3.63, 3.8) is 0 Å². The molecule has 1 aromatic heterocycles. The number of nitrogens with one attached hydrogen (secondary N) is 1. The second-order valence-corrected chi connectivity index (χ2v) is 9.35. The van der Waals surface area contributed by atoms with Gasteiger partial charge in [0, 0.05) is 41.1 Å². The van der Waals surface area contributed by atoms with Crippen LogP contribution in [0.3, 0.4) is 0 Å². The van der Waals surface area contributed by atoms with Gasteiger partial charge in [0.1, 0.15) is 24.4 Å². The number of likely N-dealkylation sites (tertiary alicyclic amines) is 1. The molecule has 0 saturated carbocycles. The van der Waals surface area contributed by atoms with Crippen molar-refractivity contribution in [2.24, 2.45) is 5.73 Å². The molecule has 1 saturated heterocycles. The van der Waals surface area contributed by atoms with Crippen LogP contribution in [-0.4, -0.2) is 51.5 Å². The van der Waals surface area contributed by atoms with Crippen molar-refractivity contribution in [2.75, 3.05) is 6.54 Å². The Morgan fingerprint density at radius 1 is 1.22 bits per heavy atom. The number of nitrogens with two attached hydrogens (primary N) is 1. The SMILES string of the molecule is CC(=O)c1cn(CC(=O)N2C[C@H](F)C[C@H]2C(=O)CCc2cccc(Cl)c2F)c2cc(C(=N)N)ccc12. The van der Waals surface area contributed by atoms with Crippen molar-refractivity contribution in [1.82, 2.24) is 9.47 Å². The first-order valence-corrected chi connectivity index (χ1v) is 11.8. The lowest BCUT2D eigenvalue weighted by Crippen LogP contribution is -2.42. The number of benzene rings is 2. The van der Waals surface area contributed by atoms with E-state index in [0.29, 0.717) is 22.0 Å². The smallest absolute Gasteiger partial charge is 0.243 e. The van der Waals surface area contributed by atoms with Crippen LogP contribution in [0.1, 0.15) is 41.3 Å². The van der Waals surface area contributed by atoms with Crippen LogP contribution in [0, 0.1) is 11.2 Å². The number of fused-ring (bicyclic) bond motifs is 1. The van der Waals surface area contributed by atoms with Crippen LogP contribution < -0.4 is 5.73 Å². The van der Waals surface area contributed by atoms with Crippen molar-refractivity contribution in [3.8, 4) is 0 Å². The minimum Gasteiger partial charge on any atom is -0.384 e. The molecule has 0 bridgehead atoms. The Morgan fingerprint density at radius 2 is 1.97 bits per heavy atom. The average molecular weight is 515 g/mol. The molecule has 2 heterocycles. The number of aryl methyl sites for hydroxylation is 1. The number of aromatic nitrogens is 1. The summed E-state index contributed by atoms with van der Waals surface area (Å²) in [7, 11) is 0. The van der Waals surface area contributed by atoms with Crippen LogP contribution in [0.2, 0.25) is 5.02 Å². The molecular formula is C26H25ClF2N4O3. The predicted molar refractivity (Wildman–Crippen MR) is 133 cm³/mol. The molecule has 0 aliphatic carbocycles. The van der Waals surface area contributed by atoms with Gasteiger partial charge < -0.3 is 15.2 Å². The summed E-state index contributed by atoms with van der Waals surface area (Å²) in [6, 6.07) is 8.46. The molecule has 0 radical (unpaired) electrons. The Bertz CT molecular complexity index is 1390. The number of hydrogen-bond donors (Lipinski definition) is 2. The molecule has 188 valence electrons. The standard InChI is InChI=1S/C26H25ClF2N4O3/c1-14(34)19-12-32(21-9-16(26(30)31)5-7-18(19)21)13-24(36)33-11-17(28)10-22(33)23(35)8-6-15-3-2-4-20(27)25(15)29/h2-5,7,9,12,17,22H,6,8,10-11,13H2,1H3,(H3,30,31)/t17-,22+/m1/s1. The van der Waals surface area contributed by atoms with Gasteiger partial charge in [-0.25, -0.2) is 8.78 Å². The van der Waals surface area contributed by atoms with Gasteiger partial charge in [-0.15, -0.1) is 0 Å². The summed E-state index contributed by atoms with van der Waals surface area (Å²) in [6.45, 7) is 0.953. The van der Waals surface area contributed by atoms with E-state index >= 15 is 0 Å². The van der Waals surface area contributed by atoms with E-state index in [2.05, 4.69) is 0 Å². The molecule has 1 fully saturated rings. The van der Waals surface area contributed by atoms with Crippen LogP contribution in [0.5, 0.6) is 0 Å². The largest absolute Gasteiger partial charge is 0.384 e. The summed E-state index contributed by atoms with van der Waals surface area (Å²) >= 11 is 5.80. The predicted octanol–water partition coefficient (Wildman–Crippen LogP) is 4.06. The van der Waals surface area contributed by atoms with Crippen molar-refractivity contribution in [3.05, 3.63) is 70.1 Å².